The zero-order chi connectivity index (χ0) is 37.6. The van der Waals surface area contributed by atoms with E-state index in [0.717, 1.165) is 32.1 Å². The largest absolute Gasteiger partial charge is 1.00 e. The van der Waals surface area contributed by atoms with Crippen LogP contribution < -0.4 is 78.6 Å². The zero-order valence-electron chi connectivity index (χ0n) is 30.3. The molecule has 0 atom stereocenters. The minimum absolute atomic E-state index is 0. The summed E-state index contributed by atoms with van der Waals surface area (Å²) in [5, 5.41) is 0.969. The maximum absolute atomic E-state index is 13.5. The number of hydrogen-bond acceptors (Lipinski definition) is 12. The predicted octanol–water partition coefficient (Wildman–Crippen LogP) is -0.443. The molecule has 276 valence electrons. The number of rotatable bonds is 16. The summed E-state index contributed by atoms with van der Waals surface area (Å²) in [6, 6.07) is 25.6. The average molecular weight is 805 g/mol. The zero-order valence-corrected chi connectivity index (χ0v) is 35.9. The fourth-order valence-electron chi connectivity index (χ4n) is 6.17. The van der Waals surface area contributed by atoms with Crippen molar-refractivity contribution in [3.05, 3.63) is 118 Å². The van der Waals surface area contributed by atoms with Crippen molar-refractivity contribution in [3.63, 3.8) is 0 Å². The summed E-state index contributed by atoms with van der Waals surface area (Å²) in [5.74, 6) is 0.559. The van der Waals surface area contributed by atoms with Crippen molar-refractivity contribution in [1.29, 1.82) is 0 Å². The predicted molar refractivity (Wildman–Crippen MR) is 196 cm³/mol. The van der Waals surface area contributed by atoms with Gasteiger partial charge in [0, 0.05) is 24.2 Å². The Kier molecular flexibility index (Phi) is 15.8. The van der Waals surface area contributed by atoms with Gasteiger partial charge in [0.2, 0.25) is 0 Å². The van der Waals surface area contributed by atoms with Gasteiger partial charge in [-0.3, -0.25) is 18.7 Å². The number of fused-ring (bicyclic) bond motifs is 2. The van der Waals surface area contributed by atoms with Gasteiger partial charge in [0.05, 0.1) is 21.8 Å². The van der Waals surface area contributed by atoms with Crippen LogP contribution in [0.3, 0.4) is 0 Å². The number of unbranched alkanes of at least 4 members (excludes halogenated alkanes) is 6. The summed E-state index contributed by atoms with van der Waals surface area (Å²) in [4.78, 5) is 36.5. The summed E-state index contributed by atoms with van der Waals surface area (Å²) in [6.45, 7) is 0.833. The number of nitrogens with zero attached hydrogens (tertiary/aromatic N) is 4. The molecule has 6 rings (SSSR count). The topological polar surface area (TPSA) is 203 Å². The number of aromatic nitrogens is 4. The molecule has 4 aromatic carbocycles. The molecule has 0 aliphatic heterocycles. The summed E-state index contributed by atoms with van der Waals surface area (Å²) in [5.41, 5.74) is 1.80. The Morgan fingerprint density at radius 1 is 0.491 bits per heavy atom. The van der Waals surface area contributed by atoms with Crippen LogP contribution in [-0.2, 0) is 33.9 Å². The van der Waals surface area contributed by atoms with E-state index in [1.165, 1.54) is 24.3 Å². The molecule has 14 nitrogen and oxygen atoms in total. The molecule has 0 saturated heterocycles. The standard InChI is InChI=1S/C37H36N4O10S2.2Na/c42-36-30-12-6-8-14-32(30)38-34(26-16-20-28(21-17-26)50-52(44,45)46)40(36)24-10-4-2-1-3-5-11-25-41-35(39-33-15-9-7-13-31(33)37(41)43)27-18-22-29(23-19-27)51-53(47,48)49;;/h6-9,12-23H,1-5,10-11,24-25H2,(H,44,45,46)(H,47,48,49);;/q;2*+1/p-2. The van der Waals surface area contributed by atoms with Crippen LogP contribution in [-0.4, -0.2) is 45.0 Å². The van der Waals surface area contributed by atoms with Crippen molar-refractivity contribution in [3.8, 4) is 34.3 Å². The van der Waals surface area contributed by atoms with E-state index >= 15 is 0 Å². The summed E-state index contributed by atoms with van der Waals surface area (Å²) < 4.78 is 77.9. The van der Waals surface area contributed by atoms with Gasteiger partial charge in [0.15, 0.2) is 0 Å². The number of hydrogen-bond donors (Lipinski definition) is 0. The van der Waals surface area contributed by atoms with E-state index in [0.29, 0.717) is 70.5 Å². The second-order valence-corrected chi connectivity index (χ2v) is 14.3. The summed E-state index contributed by atoms with van der Waals surface area (Å²) >= 11 is 0. The van der Waals surface area contributed by atoms with E-state index in [4.69, 9.17) is 9.97 Å². The van der Waals surface area contributed by atoms with Crippen LogP contribution >= 0.6 is 0 Å². The third kappa shape index (κ3) is 11.8. The molecule has 0 N–H and O–H groups in total. The first-order chi connectivity index (χ1) is 25.4. The maximum atomic E-state index is 13.5. The van der Waals surface area contributed by atoms with Gasteiger partial charge in [-0.15, -0.1) is 0 Å². The Hall–Kier alpha value is -3.42. The van der Waals surface area contributed by atoms with Crippen LogP contribution in [0.1, 0.15) is 44.9 Å². The Labute approximate surface area is 362 Å². The van der Waals surface area contributed by atoms with Gasteiger partial charge in [-0.25, -0.2) is 26.8 Å². The van der Waals surface area contributed by atoms with E-state index in [1.807, 2.05) is 0 Å². The third-order valence-corrected chi connectivity index (χ3v) is 9.40. The van der Waals surface area contributed by atoms with Crippen LogP contribution in [0.4, 0.5) is 0 Å². The molecule has 2 heterocycles. The molecule has 6 aromatic rings. The van der Waals surface area contributed by atoms with Crippen molar-refractivity contribution < 1.29 is 93.4 Å². The number of benzene rings is 4. The Morgan fingerprint density at radius 2 is 0.818 bits per heavy atom. The first-order valence-electron chi connectivity index (χ1n) is 16.9. The molecule has 0 radical (unpaired) electrons. The van der Waals surface area contributed by atoms with Crippen LogP contribution in [0.15, 0.2) is 107 Å². The first-order valence-corrected chi connectivity index (χ1v) is 19.5. The van der Waals surface area contributed by atoms with Crippen molar-refractivity contribution >= 4 is 42.6 Å². The molecule has 2 aromatic heterocycles. The quantitative estimate of drug-likeness (QED) is 0.0529. The average Bonchev–Trinajstić information content (AvgIpc) is 3.12. The van der Waals surface area contributed by atoms with Crippen LogP contribution in [0.5, 0.6) is 11.5 Å². The van der Waals surface area contributed by atoms with Gasteiger partial charge >= 0.3 is 59.1 Å². The minimum atomic E-state index is -4.93. The Morgan fingerprint density at radius 3 is 1.16 bits per heavy atom. The Balaban J connectivity index is 0.00000336. The normalized spacial score (nSPS) is 11.5. The molecule has 55 heavy (non-hydrogen) atoms. The van der Waals surface area contributed by atoms with Crippen LogP contribution in [0.2, 0.25) is 0 Å². The van der Waals surface area contributed by atoms with E-state index in [-0.39, 0.29) is 81.7 Å². The molecule has 0 fully saturated rings. The van der Waals surface area contributed by atoms with Crippen molar-refractivity contribution in [2.75, 3.05) is 0 Å². The van der Waals surface area contributed by atoms with E-state index in [1.54, 1.807) is 81.9 Å². The van der Waals surface area contributed by atoms with Crippen molar-refractivity contribution in [2.24, 2.45) is 0 Å². The smallest absolute Gasteiger partial charge is 0.716 e. The van der Waals surface area contributed by atoms with Crippen molar-refractivity contribution in [1.82, 2.24) is 19.1 Å². The molecule has 0 aliphatic rings. The molecule has 0 spiro atoms. The van der Waals surface area contributed by atoms with Gasteiger partial charge in [-0.1, -0.05) is 56.4 Å². The first kappa shape index (κ1) is 44.3. The SMILES string of the molecule is O=c1c2ccccc2nc(-c2ccc(OS(=O)(=O)[O-])cc2)n1CCCCCCCCCn1c(-c2ccc(OS(=O)(=O)[O-])cc2)nc2ccccc2c1=O.[Na+].[Na+]. The van der Waals surface area contributed by atoms with Gasteiger partial charge < -0.3 is 17.5 Å². The minimum Gasteiger partial charge on any atom is -0.716 e. The van der Waals surface area contributed by atoms with Crippen LogP contribution in [0, 0.1) is 0 Å². The van der Waals surface area contributed by atoms with Gasteiger partial charge in [-0.05, 0) is 85.6 Å². The van der Waals surface area contributed by atoms with Crippen LogP contribution in [0.25, 0.3) is 44.6 Å². The van der Waals surface area contributed by atoms with Gasteiger partial charge in [-0.2, -0.15) is 0 Å². The number of para-hydroxylation sites is 2. The molecule has 0 saturated carbocycles. The van der Waals surface area contributed by atoms with E-state index < -0.39 is 20.8 Å². The fourth-order valence-corrected chi connectivity index (χ4v) is 6.86. The summed E-state index contributed by atoms with van der Waals surface area (Å²) in [7, 11) is -9.85. The fraction of sp³-hybridized carbons (Fsp3) is 0.243. The maximum Gasteiger partial charge on any atom is 1.00 e. The van der Waals surface area contributed by atoms with Crippen molar-refractivity contribution in [2.45, 2.75) is 58.0 Å². The molecular formula is C37H34N4Na2O10S2. The molecule has 0 amide bonds. The second kappa shape index (κ2) is 19.6. The van der Waals surface area contributed by atoms with Gasteiger partial charge in [0.25, 0.3) is 31.9 Å². The summed E-state index contributed by atoms with van der Waals surface area (Å²) in [6.07, 6.45) is 5.96. The Bertz CT molecular complexity index is 2420. The van der Waals surface area contributed by atoms with E-state index in [2.05, 4.69) is 8.37 Å². The molecule has 0 bridgehead atoms. The molecule has 0 aliphatic carbocycles. The third-order valence-electron chi connectivity index (χ3n) is 8.61. The molecule has 0 unspecified atom stereocenters. The molecule has 18 heteroatoms. The monoisotopic (exact) mass is 804 g/mol. The van der Waals surface area contributed by atoms with E-state index in [9.17, 15) is 35.5 Å². The second-order valence-electron chi connectivity index (χ2n) is 12.3. The molecular weight excluding hydrogens is 771 g/mol. The van der Waals surface area contributed by atoms with Gasteiger partial charge in [0.1, 0.15) is 23.1 Å².